The van der Waals surface area contributed by atoms with Crippen LogP contribution in [-0.2, 0) is 14.8 Å². The summed E-state index contributed by atoms with van der Waals surface area (Å²) in [5.74, 6) is 0.697. The molecule has 0 aromatic heterocycles. The van der Waals surface area contributed by atoms with Gasteiger partial charge in [-0.2, -0.15) is 0 Å². The van der Waals surface area contributed by atoms with Gasteiger partial charge in [-0.15, -0.1) is 0 Å². The number of nitrogens with one attached hydrogen (secondary N) is 2. The number of sulfonamides is 1. The lowest BCUT2D eigenvalue weighted by Gasteiger charge is -2.30. The molecule has 2 N–H and O–H groups in total. The van der Waals surface area contributed by atoms with Crippen LogP contribution in [0.25, 0.3) is 0 Å². The first kappa shape index (κ1) is 21.3. The number of amides is 1. The fourth-order valence-electron chi connectivity index (χ4n) is 2.90. The van der Waals surface area contributed by atoms with Crippen molar-refractivity contribution in [3.8, 4) is 0 Å². The van der Waals surface area contributed by atoms with Crippen LogP contribution in [0.15, 0.2) is 33.6 Å². The Hall–Kier alpha value is -0.960. The molecule has 1 aromatic rings. The van der Waals surface area contributed by atoms with Gasteiger partial charge in [-0.3, -0.25) is 4.79 Å². The molecule has 146 valence electrons. The minimum atomic E-state index is -3.57. The second kappa shape index (κ2) is 10.4. The first-order valence-corrected chi connectivity index (χ1v) is 11.4. The zero-order valence-electron chi connectivity index (χ0n) is 15.2. The molecule has 8 heteroatoms. The minimum Gasteiger partial charge on any atom is -0.356 e. The van der Waals surface area contributed by atoms with Crippen molar-refractivity contribution in [1.29, 1.82) is 0 Å². The highest BCUT2D eigenvalue weighted by Crippen LogP contribution is 2.16. The average molecular weight is 446 g/mol. The SMILES string of the molecule is CC1CCN(CCCNC(=O)CCNS(=O)(=O)c2ccc(Br)cc2)CC1. The third-order valence-electron chi connectivity index (χ3n) is 4.62. The van der Waals surface area contributed by atoms with Crippen LogP contribution in [0.3, 0.4) is 0 Å². The Labute approximate surface area is 164 Å². The van der Waals surface area contributed by atoms with E-state index in [0.717, 1.165) is 36.4 Å². The molecule has 26 heavy (non-hydrogen) atoms. The molecule has 0 saturated carbocycles. The van der Waals surface area contributed by atoms with Crippen molar-refractivity contribution in [3.05, 3.63) is 28.7 Å². The summed E-state index contributed by atoms with van der Waals surface area (Å²) in [6.45, 7) is 6.31. The van der Waals surface area contributed by atoms with Crippen LogP contribution in [0.2, 0.25) is 0 Å². The van der Waals surface area contributed by atoms with Gasteiger partial charge in [0.25, 0.3) is 0 Å². The topological polar surface area (TPSA) is 78.5 Å². The molecule has 0 spiro atoms. The molecule has 6 nitrogen and oxygen atoms in total. The highest BCUT2D eigenvalue weighted by atomic mass is 79.9. The third kappa shape index (κ3) is 7.34. The van der Waals surface area contributed by atoms with E-state index in [1.54, 1.807) is 12.1 Å². The van der Waals surface area contributed by atoms with Crippen molar-refractivity contribution in [2.45, 2.75) is 37.5 Å². The molecule has 1 saturated heterocycles. The third-order valence-corrected chi connectivity index (χ3v) is 6.62. The van der Waals surface area contributed by atoms with Gasteiger partial charge in [0.1, 0.15) is 0 Å². The number of rotatable bonds is 9. The summed E-state index contributed by atoms with van der Waals surface area (Å²) < 4.78 is 27.5. The first-order valence-electron chi connectivity index (χ1n) is 9.11. The summed E-state index contributed by atoms with van der Waals surface area (Å²) in [5, 5.41) is 2.86. The van der Waals surface area contributed by atoms with Crippen LogP contribution in [0.4, 0.5) is 0 Å². The first-order chi connectivity index (χ1) is 12.4. The van der Waals surface area contributed by atoms with E-state index in [1.165, 1.54) is 25.0 Å². The zero-order valence-corrected chi connectivity index (χ0v) is 17.6. The molecule has 0 atom stereocenters. The predicted octanol–water partition coefficient (Wildman–Crippen LogP) is 2.36. The van der Waals surface area contributed by atoms with Crippen molar-refractivity contribution in [1.82, 2.24) is 14.9 Å². The van der Waals surface area contributed by atoms with Gasteiger partial charge in [0.15, 0.2) is 0 Å². The van der Waals surface area contributed by atoms with Gasteiger partial charge in [0.05, 0.1) is 4.90 Å². The quantitative estimate of drug-likeness (QED) is 0.571. The van der Waals surface area contributed by atoms with E-state index < -0.39 is 10.0 Å². The maximum absolute atomic E-state index is 12.1. The average Bonchev–Trinajstić information content (AvgIpc) is 2.60. The summed E-state index contributed by atoms with van der Waals surface area (Å²) >= 11 is 3.27. The summed E-state index contributed by atoms with van der Waals surface area (Å²) in [6, 6.07) is 6.39. The van der Waals surface area contributed by atoms with E-state index >= 15 is 0 Å². The smallest absolute Gasteiger partial charge is 0.240 e. The number of piperidine rings is 1. The molecule has 0 unspecified atom stereocenters. The second-order valence-electron chi connectivity index (χ2n) is 6.83. The van der Waals surface area contributed by atoms with Crippen molar-refractivity contribution in [2.75, 3.05) is 32.7 Å². The van der Waals surface area contributed by atoms with Gasteiger partial charge in [0.2, 0.25) is 15.9 Å². The highest BCUT2D eigenvalue weighted by Gasteiger charge is 2.15. The van der Waals surface area contributed by atoms with E-state index in [4.69, 9.17) is 0 Å². The van der Waals surface area contributed by atoms with Gasteiger partial charge in [0, 0.05) is 24.0 Å². The van der Waals surface area contributed by atoms with Crippen LogP contribution in [-0.4, -0.2) is 51.9 Å². The van der Waals surface area contributed by atoms with Crippen LogP contribution in [0, 0.1) is 5.92 Å². The van der Waals surface area contributed by atoms with Crippen LogP contribution < -0.4 is 10.0 Å². The number of hydrogen-bond donors (Lipinski definition) is 2. The Morgan fingerprint density at radius 2 is 1.85 bits per heavy atom. The van der Waals surface area contributed by atoms with E-state index in [1.807, 2.05) is 0 Å². The number of halogens is 1. The molecule has 0 aliphatic carbocycles. The number of nitrogens with zero attached hydrogens (tertiary/aromatic N) is 1. The molecule has 1 heterocycles. The Kier molecular flexibility index (Phi) is 8.53. The summed E-state index contributed by atoms with van der Waals surface area (Å²) in [4.78, 5) is 14.5. The summed E-state index contributed by atoms with van der Waals surface area (Å²) in [5.41, 5.74) is 0. The Morgan fingerprint density at radius 1 is 1.19 bits per heavy atom. The number of benzene rings is 1. The lowest BCUT2D eigenvalue weighted by Crippen LogP contribution is -2.36. The fraction of sp³-hybridized carbons (Fsp3) is 0.611. The van der Waals surface area contributed by atoms with Crippen molar-refractivity contribution >= 4 is 31.9 Å². The normalized spacial score (nSPS) is 16.5. The molecular weight excluding hydrogens is 418 g/mol. The molecule has 1 aliphatic rings. The van der Waals surface area contributed by atoms with Gasteiger partial charge in [-0.25, -0.2) is 13.1 Å². The lowest BCUT2D eigenvalue weighted by atomic mass is 9.99. The Morgan fingerprint density at radius 3 is 2.50 bits per heavy atom. The Balaban J connectivity index is 1.59. The largest absolute Gasteiger partial charge is 0.356 e. The van der Waals surface area contributed by atoms with Gasteiger partial charge < -0.3 is 10.2 Å². The molecule has 1 fully saturated rings. The van der Waals surface area contributed by atoms with Gasteiger partial charge >= 0.3 is 0 Å². The maximum Gasteiger partial charge on any atom is 0.240 e. The number of carbonyl (C=O) groups excluding carboxylic acids is 1. The monoisotopic (exact) mass is 445 g/mol. The summed E-state index contributed by atoms with van der Waals surface area (Å²) in [7, 11) is -3.57. The molecule has 1 aromatic carbocycles. The van der Waals surface area contributed by atoms with E-state index in [-0.39, 0.29) is 23.8 Å². The predicted molar refractivity (Wildman–Crippen MR) is 106 cm³/mol. The second-order valence-corrected chi connectivity index (χ2v) is 9.51. The number of likely N-dealkylation sites (tertiary alicyclic amines) is 1. The van der Waals surface area contributed by atoms with E-state index in [2.05, 4.69) is 37.8 Å². The van der Waals surface area contributed by atoms with Crippen LogP contribution >= 0.6 is 15.9 Å². The van der Waals surface area contributed by atoms with Crippen molar-refractivity contribution in [3.63, 3.8) is 0 Å². The van der Waals surface area contributed by atoms with Crippen molar-refractivity contribution in [2.24, 2.45) is 5.92 Å². The number of hydrogen-bond acceptors (Lipinski definition) is 4. The minimum absolute atomic E-state index is 0.0915. The number of carbonyl (C=O) groups is 1. The van der Waals surface area contributed by atoms with Crippen molar-refractivity contribution < 1.29 is 13.2 Å². The van der Waals surface area contributed by atoms with E-state index in [0.29, 0.717) is 6.54 Å². The van der Waals surface area contributed by atoms with Crippen LogP contribution in [0.1, 0.15) is 32.6 Å². The van der Waals surface area contributed by atoms with Gasteiger partial charge in [-0.1, -0.05) is 22.9 Å². The van der Waals surface area contributed by atoms with E-state index in [9.17, 15) is 13.2 Å². The fourth-order valence-corrected chi connectivity index (χ4v) is 4.20. The Bertz CT molecular complexity index is 671. The molecule has 2 rings (SSSR count). The maximum atomic E-state index is 12.1. The summed E-state index contributed by atoms with van der Waals surface area (Å²) in [6.07, 6.45) is 3.57. The molecule has 0 radical (unpaired) electrons. The van der Waals surface area contributed by atoms with Crippen LogP contribution in [0.5, 0.6) is 0 Å². The molecule has 1 aliphatic heterocycles. The van der Waals surface area contributed by atoms with Gasteiger partial charge in [-0.05, 0) is 69.1 Å². The molecular formula is C18H28BrN3O3S. The molecule has 1 amide bonds. The highest BCUT2D eigenvalue weighted by molar-refractivity contribution is 9.10. The molecule has 0 bridgehead atoms. The zero-order chi connectivity index (χ0) is 19.0. The lowest BCUT2D eigenvalue weighted by molar-refractivity contribution is -0.120. The standard InChI is InChI=1S/C18H28BrN3O3S/c1-15-8-13-22(14-9-15)12-2-10-20-18(23)7-11-21-26(24,25)17-5-3-16(19)4-6-17/h3-6,15,21H,2,7-14H2,1H3,(H,20,23).